The maximum Gasteiger partial charge on any atom is 0.306 e. The predicted molar refractivity (Wildman–Crippen MR) is 90.4 cm³/mol. The zero-order valence-corrected chi connectivity index (χ0v) is 14.3. The van der Waals surface area contributed by atoms with Crippen LogP contribution in [0.15, 0.2) is 28.7 Å². The third kappa shape index (κ3) is 3.37. The lowest BCUT2D eigenvalue weighted by Gasteiger charge is -2.14. The molecule has 5 nitrogen and oxygen atoms in total. The standard InChI is InChI=1S/C17H17BrN2O3/c1-9-6-14(13-8-11(18)3-5-15(13)19-9)16(21)20-12-4-2-10(7-12)17(22)23/h3,5-6,8,10,12H,2,4,7H2,1H3,(H,20,21)(H,22,23)/t10-,12+/m0/s1. The minimum absolute atomic E-state index is 0.0840. The average molecular weight is 377 g/mol. The van der Waals surface area contributed by atoms with E-state index in [4.69, 9.17) is 5.11 Å². The molecule has 0 radical (unpaired) electrons. The number of aryl methyl sites for hydroxylation is 1. The van der Waals surface area contributed by atoms with Crippen LogP contribution in [0.2, 0.25) is 0 Å². The monoisotopic (exact) mass is 376 g/mol. The van der Waals surface area contributed by atoms with Crippen LogP contribution in [0.4, 0.5) is 0 Å². The van der Waals surface area contributed by atoms with Gasteiger partial charge in [-0.2, -0.15) is 0 Å². The number of hydrogen-bond donors (Lipinski definition) is 2. The van der Waals surface area contributed by atoms with Crippen molar-refractivity contribution in [3.8, 4) is 0 Å². The number of carbonyl (C=O) groups is 2. The highest BCUT2D eigenvalue weighted by Crippen LogP contribution is 2.27. The molecule has 2 atom stereocenters. The summed E-state index contributed by atoms with van der Waals surface area (Å²) in [6.45, 7) is 1.86. The van der Waals surface area contributed by atoms with Crippen molar-refractivity contribution in [1.82, 2.24) is 10.3 Å². The molecule has 0 saturated heterocycles. The number of nitrogens with zero attached hydrogens (tertiary/aromatic N) is 1. The number of carboxylic acid groups (broad SMARTS) is 1. The van der Waals surface area contributed by atoms with Crippen LogP contribution >= 0.6 is 15.9 Å². The number of nitrogens with one attached hydrogen (secondary N) is 1. The zero-order valence-electron chi connectivity index (χ0n) is 12.7. The number of aromatic nitrogens is 1. The predicted octanol–water partition coefficient (Wildman–Crippen LogP) is 3.29. The fraction of sp³-hybridized carbons (Fsp3) is 0.353. The second kappa shape index (κ2) is 6.28. The maximum absolute atomic E-state index is 12.7. The summed E-state index contributed by atoms with van der Waals surface area (Å²) >= 11 is 3.42. The average Bonchev–Trinajstić information content (AvgIpc) is 2.95. The molecule has 1 heterocycles. The van der Waals surface area contributed by atoms with E-state index in [0.717, 1.165) is 21.1 Å². The van der Waals surface area contributed by atoms with Crippen LogP contribution in [0.25, 0.3) is 10.9 Å². The van der Waals surface area contributed by atoms with Crippen molar-refractivity contribution in [3.63, 3.8) is 0 Å². The highest BCUT2D eigenvalue weighted by atomic mass is 79.9. The summed E-state index contributed by atoms with van der Waals surface area (Å²) in [5, 5.41) is 12.8. The summed E-state index contributed by atoms with van der Waals surface area (Å²) < 4.78 is 0.886. The molecule has 120 valence electrons. The third-order valence-corrected chi connectivity index (χ3v) is 4.75. The van der Waals surface area contributed by atoms with Gasteiger partial charge < -0.3 is 10.4 Å². The van der Waals surface area contributed by atoms with Crippen LogP contribution in [-0.2, 0) is 4.79 Å². The molecule has 1 aromatic carbocycles. The number of amides is 1. The quantitative estimate of drug-likeness (QED) is 0.861. The number of halogens is 1. The number of carbonyl (C=O) groups excluding carboxylic acids is 1. The maximum atomic E-state index is 12.7. The molecule has 0 spiro atoms. The van der Waals surface area contributed by atoms with Crippen LogP contribution in [0.1, 0.15) is 35.3 Å². The summed E-state index contributed by atoms with van der Waals surface area (Å²) in [6, 6.07) is 7.34. The van der Waals surface area contributed by atoms with Crippen LogP contribution in [0, 0.1) is 12.8 Å². The van der Waals surface area contributed by atoms with E-state index in [9.17, 15) is 9.59 Å². The van der Waals surface area contributed by atoms with Crippen molar-refractivity contribution < 1.29 is 14.7 Å². The molecular formula is C17H17BrN2O3. The summed E-state index contributed by atoms with van der Waals surface area (Å²) in [4.78, 5) is 28.1. The molecule has 3 rings (SSSR count). The van der Waals surface area contributed by atoms with Crippen molar-refractivity contribution in [2.75, 3.05) is 0 Å². The Kier molecular flexibility index (Phi) is 4.35. The van der Waals surface area contributed by atoms with Gasteiger partial charge in [-0.1, -0.05) is 15.9 Å². The normalized spacial score (nSPS) is 20.6. The van der Waals surface area contributed by atoms with Crippen LogP contribution in [-0.4, -0.2) is 28.0 Å². The Morgan fingerprint density at radius 1 is 1.30 bits per heavy atom. The summed E-state index contributed by atoms with van der Waals surface area (Å²) in [7, 11) is 0. The smallest absolute Gasteiger partial charge is 0.306 e. The van der Waals surface area contributed by atoms with Gasteiger partial charge in [0.25, 0.3) is 5.91 Å². The van der Waals surface area contributed by atoms with Gasteiger partial charge in [0.2, 0.25) is 0 Å². The van der Waals surface area contributed by atoms with Crippen molar-refractivity contribution in [2.45, 2.75) is 32.2 Å². The van der Waals surface area contributed by atoms with E-state index in [1.807, 2.05) is 25.1 Å². The Morgan fingerprint density at radius 2 is 2.09 bits per heavy atom. The van der Waals surface area contributed by atoms with Crippen LogP contribution in [0.5, 0.6) is 0 Å². The van der Waals surface area contributed by atoms with Crippen molar-refractivity contribution >= 4 is 38.7 Å². The molecule has 1 aromatic heterocycles. The topological polar surface area (TPSA) is 79.3 Å². The fourth-order valence-corrected chi connectivity index (χ4v) is 3.48. The Labute approximate surface area is 142 Å². The first kappa shape index (κ1) is 15.9. The minimum atomic E-state index is -0.782. The molecule has 0 aliphatic heterocycles. The lowest BCUT2D eigenvalue weighted by atomic mass is 10.1. The van der Waals surface area contributed by atoms with E-state index in [2.05, 4.69) is 26.2 Å². The number of rotatable bonds is 3. The van der Waals surface area contributed by atoms with Gasteiger partial charge in [0, 0.05) is 21.6 Å². The van der Waals surface area contributed by atoms with Crippen molar-refractivity contribution in [3.05, 3.63) is 40.0 Å². The molecule has 0 bridgehead atoms. The number of pyridine rings is 1. The van der Waals surface area contributed by atoms with Gasteiger partial charge in [-0.05, 0) is 50.5 Å². The number of fused-ring (bicyclic) bond motifs is 1. The highest BCUT2D eigenvalue weighted by molar-refractivity contribution is 9.10. The van der Waals surface area contributed by atoms with Crippen LogP contribution < -0.4 is 5.32 Å². The van der Waals surface area contributed by atoms with Gasteiger partial charge in [-0.15, -0.1) is 0 Å². The fourth-order valence-electron chi connectivity index (χ4n) is 3.12. The van der Waals surface area contributed by atoms with Crippen LogP contribution in [0.3, 0.4) is 0 Å². The van der Waals surface area contributed by atoms with Gasteiger partial charge in [0.05, 0.1) is 17.0 Å². The lowest BCUT2D eigenvalue weighted by Crippen LogP contribution is -2.33. The Hall–Kier alpha value is -1.95. The molecular weight excluding hydrogens is 360 g/mol. The Morgan fingerprint density at radius 3 is 2.78 bits per heavy atom. The first-order chi connectivity index (χ1) is 10.9. The third-order valence-electron chi connectivity index (χ3n) is 4.26. The van der Waals surface area contributed by atoms with E-state index in [1.54, 1.807) is 6.07 Å². The van der Waals surface area contributed by atoms with E-state index in [1.165, 1.54) is 0 Å². The van der Waals surface area contributed by atoms with Gasteiger partial charge >= 0.3 is 5.97 Å². The molecule has 6 heteroatoms. The van der Waals surface area contributed by atoms with Gasteiger partial charge in [0.15, 0.2) is 0 Å². The van der Waals surface area contributed by atoms with E-state index in [0.29, 0.717) is 24.8 Å². The Balaban J connectivity index is 1.86. The molecule has 23 heavy (non-hydrogen) atoms. The zero-order chi connectivity index (χ0) is 16.6. The number of hydrogen-bond acceptors (Lipinski definition) is 3. The molecule has 1 fully saturated rings. The molecule has 1 aliphatic carbocycles. The van der Waals surface area contributed by atoms with E-state index >= 15 is 0 Å². The molecule has 1 saturated carbocycles. The number of aliphatic carboxylic acids is 1. The minimum Gasteiger partial charge on any atom is -0.481 e. The molecule has 1 aliphatic rings. The lowest BCUT2D eigenvalue weighted by molar-refractivity contribution is -0.141. The van der Waals surface area contributed by atoms with E-state index in [-0.39, 0.29) is 17.9 Å². The SMILES string of the molecule is Cc1cc(C(=O)N[C@@H]2CC[C@H](C(=O)O)C2)c2cc(Br)ccc2n1. The summed E-state index contributed by atoms with van der Waals surface area (Å²) in [5.41, 5.74) is 2.13. The van der Waals surface area contributed by atoms with Gasteiger partial charge in [0.1, 0.15) is 0 Å². The molecule has 1 amide bonds. The number of carboxylic acids is 1. The summed E-state index contributed by atoms with van der Waals surface area (Å²) in [6.07, 6.45) is 1.81. The number of benzene rings is 1. The first-order valence-electron chi connectivity index (χ1n) is 7.54. The van der Waals surface area contributed by atoms with Crippen molar-refractivity contribution in [2.24, 2.45) is 5.92 Å². The molecule has 2 aromatic rings. The largest absolute Gasteiger partial charge is 0.481 e. The highest BCUT2D eigenvalue weighted by Gasteiger charge is 2.31. The molecule has 0 unspecified atom stereocenters. The van der Waals surface area contributed by atoms with E-state index < -0.39 is 5.97 Å². The Bertz CT molecular complexity index is 791. The first-order valence-corrected chi connectivity index (χ1v) is 8.34. The molecule has 2 N–H and O–H groups in total. The summed E-state index contributed by atoms with van der Waals surface area (Å²) in [5.74, 6) is -1.31. The van der Waals surface area contributed by atoms with Gasteiger partial charge in [-0.25, -0.2) is 0 Å². The second-order valence-corrected chi connectivity index (χ2v) is 6.91. The van der Waals surface area contributed by atoms with Gasteiger partial charge in [-0.3, -0.25) is 14.6 Å². The van der Waals surface area contributed by atoms with Crippen molar-refractivity contribution in [1.29, 1.82) is 0 Å². The second-order valence-electron chi connectivity index (χ2n) is 5.99.